The molecule has 1 aromatic carbocycles. The molecule has 0 aliphatic heterocycles. The van der Waals surface area contributed by atoms with E-state index in [9.17, 15) is 8.42 Å². The third kappa shape index (κ3) is 4.00. The van der Waals surface area contributed by atoms with Gasteiger partial charge in [0.05, 0.1) is 5.75 Å². The number of sulfonamides is 1. The Bertz CT molecular complexity index is 460. The molecule has 0 heterocycles. The predicted molar refractivity (Wildman–Crippen MR) is 66.8 cm³/mol. The summed E-state index contributed by atoms with van der Waals surface area (Å²) < 4.78 is 25.3. The molecule has 16 heavy (non-hydrogen) atoms. The smallest absolute Gasteiger partial charge is 0.211 e. The first-order chi connectivity index (χ1) is 7.44. The van der Waals surface area contributed by atoms with Gasteiger partial charge in [0.25, 0.3) is 0 Å². The lowest BCUT2D eigenvalue weighted by atomic mass is 10.2. The zero-order valence-electron chi connectivity index (χ0n) is 9.03. The molecule has 0 saturated heterocycles. The van der Waals surface area contributed by atoms with Gasteiger partial charge in [0.15, 0.2) is 0 Å². The van der Waals surface area contributed by atoms with Crippen LogP contribution in [0.15, 0.2) is 18.2 Å². The summed E-state index contributed by atoms with van der Waals surface area (Å²) in [5.74, 6) is 0.125. The van der Waals surface area contributed by atoms with Crippen molar-refractivity contribution in [2.45, 2.75) is 19.9 Å². The third-order valence-corrected chi connectivity index (χ3v) is 3.91. The van der Waals surface area contributed by atoms with Gasteiger partial charge in [0.1, 0.15) is 0 Å². The molecule has 0 saturated carbocycles. The van der Waals surface area contributed by atoms with E-state index >= 15 is 0 Å². The number of nitrogen functional groups attached to an aromatic ring is 1. The standard InChI is InChI=1S/C10H15ClN2O2S/c1-2-5-16(14,15)13-7-8-3-4-9(12)6-10(8)11/h3-4,6,13H,2,5,7,12H2,1H3. The van der Waals surface area contributed by atoms with E-state index in [1.807, 2.05) is 6.92 Å². The summed E-state index contributed by atoms with van der Waals surface area (Å²) in [5, 5.41) is 0.471. The van der Waals surface area contributed by atoms with Gasteiger partial charge in [0, 0.05) is 17.3 Å². The van der Waals surface area contributed by atoms with Crippen LogP contribution in [0, 0.1) is 0 Å². The number of rotatable bonds is 5. The Labute approximate surface area is 101 Å². The van der Waals surface area contributed by atoms with Crippen LogP contribution in [0.1, 0.15) is 18.9 Å². The zero-order valence-corrected chi connectivity index (χ0v) is 10.6. The summed E-state index contributed by atoms with van der Waals surface area (Å²) in [5.41, 5.74) is 6.81. The van der Waals surface area contributed by atoms with Crippen LogP contribution in [0.3, 0.4) is 0 Å². The van der Waals surface area contributed by atoms with Crippen LogP contribution in [-0.2, 0) is 16.6 Å². The highest BCUT2D eigenvalue weighted by Crippen LogP contribution is 2.19. The minimum absolute atomic E-state index is 0.125. The summed E-state index contributed by atoms with van der Waals surface area (Å²) in [7, 11) is -3.20. The number of benzene rings is 1. The number of hydrogen-bond acceptors (Lipinski definition) is 3. The number of nitrogens with two attached hydrogens (primary N) is 1. The molecule has 4 nitrogen and oxygen atoms in total. The van der Waals surface area contributed by atoms with Crippen LogP contribution >= 0.6 is 11.6 Å². The molecule has 0 spiro atoms. The lowest BCUT2D eigenvalue weighted by Crippen LogP contribution is -2.25. The highest BCUT2D eigenvalue weighted by Gasteiger charge is 2.09. The van der Waals surface area contributed by atoms with Gasteiger partial charge in [-0.25, -0.2) is 13.1 Å². The SMILES string of the molecule is CCCS(=O)(=O)NCc1ccc(N)cc1Cl. The second-order valence-electron chi connectivity index (χ2n) is 3.49. The predicted octanol–water partition coefficient (Wildman–Crippen LogP) is 1.75. The first-order valence-electron chi connectivity index (χ1n) is 4.96. The fraction of sp³-hybridized carbons (Fsp3) is 0.400. The molecule has 0 aromatic heterocycles. The fourth-order valence-electron chi connectivity index (χ4n) is 1.24. The molecule has 1 rings (SSSR count). The van der Waals surface area contributed by atoms with Crippen LogP contribution in [0.4, 0.5) is 5.69 Å². The van der Waals surface area contributed by atoms with Crippen molar-refractivity contribution in [1.82, 2.24) is 4.72 Å². The number of hydrogen-bond donors (Lipinski definition) is 2. The van der Waals surface area contributed by atoms with Crippen molar-refractivity contribution in [2.24, 2.45) is 0 Å². The Morgan fingerprint density at radius 3 is 2.69 bits per heavy atom. The van der Waals surface area contributed by atoms with Gasteiger partial charge in [0.2, 0.25) is 10.0 Å². The van der Waals surface area contributed by atoms with Crippen LogP contribution in [0.25, 0.3) is 0 Å². The topological polar surface area (TPSA) is 72.2 Å². The molecule has 0 radical (unpaired) electrons. The summed E-state index contributed by atoms with van der Waals surface area (Å²) in [4.78, 5) is 0. The van der Waals surface area contributed by atoms with E-state index < -0.39 is 10.0 Å². The normalized spacial score (nSPS) is 11.6. The lowest BCUT2D eigenvalue weighted by molar-refractivity contribution is 0.580. The lowest BCUT2D eigenvalue weighted by Gasteiger charge is -2.07. The van der Waals surface area contributed by atoms with Gasteiger partial charge in [-0.15, -0.1) is 0 Å². The molecule has 6 heteroatoms. The van der Waals surface area contributed by atoms with Gasteiger partial charge in [-0.05, 0) is 24.1 Å². The van der Waals surface area contributed by atoms with Crippen molar-refractivity contribution in [1.29, 1.82) is 0 Å². The van der Waals surface area contributed by atoms with Crippen molar-refractivity contribution in [3.8, 4) is 0 Å². The van der Waals surface area contributed by atoms with Gasteiger partial charge in [-0.1, -0.05) is 24.6 Å². The second-order valence-corrected chi connectivity index (χ2v) is 5.82. The highest BCUT2D eigenvalue weighted by atomic mass is 35.5. The third-order valence-electron chi connectivity index (χ3n) is 2.03. The molecule has 0 bridgehead atoms. The number of nitrogens with one attached hydrogen (secondary N) is 1. The Hall–Kier alpha value is -0.780. The molecule has 0 fully saturated rings. The Morgan fingerprint density at radius 2 is 2.12 bits per heavy atom. The van der Waals surface area contributed by atoms with Crippen LogP contribution in [0.5, 0.6) is 0 Å². The molecule has 90 valence electrons. The van der Waals surface area contributed by atoms with Crippen molar-refractivity contribution >= 4 is 27.3 Å². The van der Waals surface area contributed by atoms with E-state index in [1.54, 1.807) is 18.2 Å². The largest absolute Gasteiger partial charge is 0.399 e. The molecule has 1 aromatic rings. The van der Waals surface area contributed by atoms with Gasteiger partial charge < -0.3 is 5.73 Å². The minimum atomic E-state index is -3.20. The molecule has 0 unspecified atom stereocenters. The maximum absolute atomic E-state index is 11.4. The maximum atomic E-state index is 11.4. The van der Waals surface area contributed by atoms with E-state index in [-0.39, 0.29) is 12.3 Å². The minimum Gasteiger partial charge on any atom is -0.399 e. The Morgan fingerprint density at radius 1 is 1.44 bits per heavy atom. The highest BCUT2D eigenvalue weighted by molar-refractivity contribution is 7.89. The van der Waals surface area contributed by atoms with E-state index in [4.69, 9.17) is 17.3 Å². The summed E-state index contributed by atoms with van der Waals surface area (Å²) in [6.07, 6.45) is 0.588. The van der Waals surface area contributed by atoms with Gasteiger partial charge in [-0.3, -0.25) is 0 Å². The van der Waals surface area contributed by atoms with Crippen molar-refractivity contribution in [2.75, 3.05) is 11.5 Å². The second kappa shape index (κ2) is 5.52. The first kappa shape index (κ1) is 13.3. The van der Waals surface area contributed by atoms with Crippen molar-refractivity contribution in [3.05, 3.63) is 28.8 Å². The van der Waals surface area contributed by atoms with Crippen LogP contribution < -0.4 is 10.5 Å². The summed E-state index contributed by atoms with van der Waals surface area (Å²) >= 11 is 5.92. The van der Waals surface area contributed by atoms with Crippen molar-refractivity contribution < 1.29 is 8.42 Å². The van der Waals surface area contributed by atoms with Gasteiger partial charge in [-0.2, -0.15) is 0 Å². The molecule has 0 atom stereocenters. The monoisotopic (exact) mass is 262 g/mol. The maximum Gasteiger partial charge on any atom is 0.211 e. The molecule has 3 N–H and O–H groups in total. The molecule has 0 aliphatic carbocycles. The van der Waals surface area contributed by atoms with E-state index in [0.717, 1.165) is 5.56 Å². The van der Waals surface area contributed by atoms with E-state index in [1.165, 1.54) is 0 Å². The van der Waals surface area contributed by atoms with Crippen LogP contribution in [0.2, 0.25) is 5.02 Å². The summed E-state index contributed by atoms with van der Waals surface area (Å²) in [6, 6.07) is 5.01. The fourth-order valence-corrected chi connectivity index (χ4v) is 2.55. The Kier molecular flexibility index (Phi) is 4.58. The molecular formula is C10H15ClN2O2S. The van der Waals surface area contributed by atoms with Crippen LogP contribution in [-0.4, -0.2) is 14.2 Å². The van der Waals surface area contributed by atoms with E-state index in [2.05, 4.69) is 4.72 Å². The Balaban J connectivity index is 2.68. The van der Waals surface area contributed by atoms with E-state index in [0.29, 0.717) is 17.1 Å². The van der Waals surface area contributed by atoms with Crippen molar-refractivity contribution in [3.63, 3.8) is 0 Å². The molecular weight excluding hydrogens is 248 g/mol. The number of halogens is 1. The average Bonchev–Trinajstić information content (AvgIpc) is 2.16. The number of anilines is 1. The first-order valence-corrected chi connectivity index (χ1v) is 6.99. The molecule has 0 amide bonds. The molecule has 0 aliphatic rings. The average molecular weight is 263 g/mol. The van der Waals surface area contributed by atoms with Gasteiger partial charge >= 0.3 is 0 Å². The zero-order chi connectivity index (χ0) is 12.2. The quantitative estimate of drug-likeness (QED) is 0.794. The summed E-state index contributed by atoms with van der Waals surface area (Å²) in [6.45, 7) is 2.01.